The van der Waals surface area contributed by atoms with Gasteiger partial charge in [-0.1, -0.05) is 18.2 Å². The molecule has 1 amide bonds. The van der Waals surface area contributed by atoms with E-state index in [1.165, 1.54) is 0 Å². The number of rotatable bonds is 2. The number of carbonyl (C=O) groups is 1. The van der Waals surface area contributed by atoms with Crippen LogP contribution in [0.4, 0.5) is 0 Å². The fourth-order valence-electron chi connectivity index (χ4n) is 2.89. The third kappa shape index (κ3) is 2.31. The van der Waals surface area contributed by atoms with E-state index in [1.807, 2.05) is 35.2 Å². The zero-order valence-corrected chi connectivity index (χ0v) is 11.7. The number of likely N-dealkylation sites (tertiary alicyclic amines) is 1. The molecule has 1 aliphatic heterocycles. The second-order valence-corrected chi connectivity index (χ2v) is 5.63. The minimum atomic E-state index is -0.0214. The van der Waals surface area contributed by atoms with E-state index in [4.69, 9.17) is 10.2 Å². The van der Waals surface area contributed by atoms with Crippen LogP contribution in [0.25, 0.3) is 11.0 Å². The molecule has 2 atom stereocenters. The molecule has 1 fully saturated rings. The van der Waals surface area contributed by atoms with E-state index in [-0.39, 0.29) is 11.9 Å². The van der Waals surface area contributed by atoms with Crippen LogP contribution < -0.4 is 5.73 Å². The van der Waals surface area contributed by atoms with E-state index < -0.39 is 0 Å². The summed E-state index contributed by atoms with van der Waals surface area (Å²) >= 11 is 0. The lowest BCUT2D eigenvalue weighted by atomic mass is 9.93. The Morgan fingerprint density at radius 2 is 2.20 bits per heavy atom. The number of nitrogens with zero attached hydrogens (tertiary/aromatic N) is 1. The topological polar surface area (TPSA) is 59.5 Å². The summed E-state index contributed by atoms with van der Waals surface area (Å²) in [5.41, 5.74) is 6.51. The first-order valence-electron chi connectivity index (χ1n) is 7.18. The van der Waals surface area contributed by atoms with Gasteiger partial charge in [0.25, 0.3) is 5.91 Å². The molecular formula is C16H20N2O2. The van der Waals surface area contributed by atoms with Gasteiger partial charge in [0, 0.05) is 18.0 Å². The first-order valence-corrected chi connectivity index (χ1v) is 7.18. The lowest BCUT2D eigenvalue weighted by Gasteiger charge is -2.37. The Balaban J connectivity index is 1.86. The molecule has 3 rings (SSSR count). The molecule has 4 heteroatoms. The summed E-state index contributed by atoms with van der Waals surface area (Å²) in [5.74, 6) is 0.807. The zero-order chi connectivity index (χ0) is 14.1. The van der Waals surface area contributed by atoms with Crippen LogP contribution in [0, 0.1) is 5.92 Å². The van der Waals surface area contributed by atoms with E-state index in [0.717, 1.165) is 30.4 Å². The lowest BCUT2D eigenvalue weighted by Crippen LogP contribution is -2.47. The van der Waals surface area contributed by atoms with Crippen LogP contribution in [0.1, 0.15) is 30.3 Å². The van der Waals surface area contributed by atoms with Gasteiger partial charge < -0.3 is 15.1 Å². The van der Waals surface area contributed by atoms with Crippen molar-refractivity contribution >= 4 is 16.9 Å². The van der Waals surface area contributed by atoms with Gasteiger partial charge in [0.2, 0.25) is 0 Å². The third-order valence-electron chi connectivity index (χ3n) is 4.21. The monoisotopic (exact) mass is 272 g/mol. The first-order chi connectivity index (χ1) is 9.69. The molecule has 0 saturated carbocycles. The van der Waals surface area contributed by atoms with Gasteiger partial charge >= 0.3 is 0 Å². The van der Waals surface area contributed by atoms with Crippen LogP contribution in [0.15, 0.2) is 34.7 Å². The quantitative estimate of drug-likeness (QED) is 0.914. The normalized spacial score (nSPS) is 23.2. The minimum Gasteiger partial charge on any atom is -0.451 e. The number of piperidine rings is 1. The highest BCUT2D eigenvalue weighted by Crippen LogP contribution is 2.25. The Morgan fingerprint density at radius 3 is 2.95 bits per heavy atom. The van der Waals surface area contributed by atoms with Gasteiger partial charge in [0.1, 0.15) is 5.58 Å². The van der Waals surface area contributed by atoms with Crippen LogP contribution in [0.3, 0.4) is 0 Å². The Bertz CT molecular complexity index is 587. The van der Waals surface area contributed by atoms with Crippen LogP contribution in [0.5, 0.6) is 0 Å². The van der Waals surface area contributed by atoms with Crippen LogP contribution >= 0.6 is 0 Å². The predicted molar refractivity (Wildman–Crippen MR) is 78.5 cm³/mol. The maximum Gasteiger partial charge on any atom is 0.289 e. The third-order valence-corrected chi connectivity index (χ3v) is 4.21. The summed E-state index contributed by atoms with van der Waals surface area (Å²) < 4.78 is 5.68. The maximum absolute atomic E-state index is 12.6. The molecule has 0 bridgehead atoms. The highest BCUT2D eigenvalue weighted by atomic mass is 16.3. The van der Waals surface area contributed by atoms with Gasteiger partial charge in [-0.2, -0.15) is 0 Å². The molecule has 2 heterocycles. The highest BCUT2D eigenvalue weighted by molar-refractivity contribution is 5.96. The van der Waals surface area contributed by atoms with Crippen molar-refractivity contribution < 1.29 is 9.21 Å². The Kier molecular flexibility index (Phi) is 3.49. The molecule has 20 heavy (non-hydrogen) atoms. The molecule has 0 radical (unpaired) electrons. The molecule has 0 aliphatic carbocycles. The highest BCUT2D eigenvalue weighted by Gasteiger charge is 2.30. The Labute approximate surface area is 118 Å². The van der Waals surface area contributed by atoms with Crippen LogP contribution in [0.2, 0.25) is 0 Å². The number of fused-ring (bicyclic) bond motifs is 1. The summed E-state index contributed by atoms with van der Waals surface area (Å²) in [6, 6.07) is 9.77. The molecule has 1 aromatic heterocycles. The second kappa shape index (κ2) is 5.29. The van der Waals surface area contributed by atoms with Gasteiger partial charge in [0.15, 0.2) is 5.76 Å². The number of nitrogens with two attached hydrogens (primary N) is 1. The molecule has 1 aliphatic rings. The molecule has 2 unspecified atom stereocenters. The average Bonchev–Trinajstić information content (AvgIpc) is 2.91. The number of furan rings is 1. The average molecular weight is 272 g/mol. The maximum atomic E-state index is 12.6. The van der Waals surface area contributed by atoms with E-state index in [0.29, 0.717) is 18.2 Å². The zero-order valence-electron chi connectivity index (χ0n) is 11.7. The molecule has 4 nitrogen and oxygen atoms in total. The standard InChI is InChI=1S/C16H20N2O2/c1-11-6-7-12(9-17)10-18(11)16(19)15-8-13-4-2-3-5-14(13)20-15/h2-5,8,11-12H,6-7,9-10,17H2,1H3. The van der Waals surface area contributed by atoms with E-state index in [1.54, 1.807) is 0 Å². The smallest absolute Gasteiger partial charge is 0.289 e. The molecular weight excluding hydrogens is 252 g/mol. The number of carbonyl (C=O) groups excluding carboxylic acids is 1. The molecule has 1 saturated heterocycles. The predicted octanol–water partition coefficient (Wildman–Crippen LogP) is 2.63. The Morgan fingerprint density at radius 1 is 1.40 bits per heavy atom. The number of benzene rings is 1. The number of hydrogen-bond donors (Lipinski definition) is 1. The van der Waals surface area contributed by atoms with Crippen molar-refractivity contribution in [2.75, 3.05) is 13.1 Å². The van der Waals surface area contributed by atoms with Crippen molar-refractivity contribution in [3.8, 4) is 0 Å². The fourth-order valence-corrected chi connectivity index (χ4v) is 2.89. The van der Waals surface area contributed by atoms with Crippen molar-refractivity contribution in [1.82, 2.24) is 4.90 Å². The minimum absolute atomic E-state index is 0.0214. The van der Waals surface area contributed by atoms with Gasteiger partial charge in [-0.3, -0.25) is 4.79 Å². The van der Waals surface area contributed by atoms with Crippen molar-refractivity contribution in [3.63, 3.8) is 0 Å². The number of hydrogen-bond acceptors (Lipinski definition) is 3. The van der Waals surface area contributed by atoms with E-state index in [9.17, 15) is 4.79 Å². The molecule has 2 aromatic rings. The van der Waals surface area contributed by atoms with Crippen LogP contribution in [-0.4, -0.2) is 29.9 Å². The molecule has 106 valence electrons. The van der Waals surface area contributed by atoms with Crippen molar-refractivity contribution in [2.24, 2.45) is 11.7 Å². The van der Waals surface area contributed by atoms with Crippen LogP contribution in [-0.2, 0) is 0 Å². The Hall–Kier alpha value is -1.81. The van der Waals surface area contributed by atoms with Crippen molar-refractivity contribution in [1.29, 1.82) is 0 Å². The van der Waals surface area contributed by atoms with Gasteiger partial charge in [-0.25, -0.2) is 0 Å². The summed E-state index contributed by atoms with van der Waals surface area (Å²) in [5, 5.41) is 0.968. The lowest BCUT2D eigenvalue weighted by molar-refractivity contribution is 0.0537. The van der Waals surface area contributed by atoms with Gasteiger partial charge in [-0.15, -0.1) is 0 Å². The first kappa shape index (κ1) is 13.2. The molecule has 2 N–H and O–H groups in total. The summed E-state index contributed by atoms with van der Waals surface area (Å²) in [6.45, 7) is 3.46. The van der Waals surface area contributed by atoms with E-state index >= 15 is 0 Å². The molecule has 0 spiro atoms. The second-order valence-electron chi connectivity index (χ2n) is 5.63. The van der Waals surface area contributed by atoms with Crippen molar-refractivity contribution in [2.45, 2.75) is 25.8 Å². The number of amides is 1. The summed E-state index contributed by atoms with van der Waals surface area (Å²) in [6.07, 6.45) is 2.11. The summed E-state index contributed by atoms with van der Waals surface area (Å²) in [7, 11) is 0. The molecule has 1 aromatic carbocycles. The van der Waals surface area contributed by atoms with Gasteiger partial charge in [0.05, 0.1) is 0 Å². The van der Waals surface area contributed by atoms with E-state index in [2.05, 4.69) is 6.92 Å². The SMILES string of the molecule is CC1CCC(CN)CN1C(=O)c1cc2ccccc2o1. The van der Waals surface area contributed by atoms with Gasteiger partial charge in [-0.05, 0) is 44.4 Å². The van der Waals surface area contributed by atoms with Crippen molar-refractivity contribution in [3.05, 3.63) is 36.1 Å². The fraction of sp³-hybridized carbons (Fsp3) is 0.438. The largest absolute Gasteiger partial charge is 0.451 e. The number of para-hydroxylation sites is 1. The summed E-state index contributed by atoms with van der Waals surface area (Å²) in [4.78, 5) is 14.5.